The number of halogens is 1. The van der Waals surface area contributed by atoms with Gasteiger partial charge in [-0.05, 0) is 24.3 Å². The van der Waals surface area contributed by atoms with Crippen LogP contribution < -0.4 is 0 Å². The lowest BCUT2D eigenvalue weighted by Crippen LogP contribution is -2.30. The van der Waals surface area contributed by atoms with E-state index in [-0.39, 0.29) is 18.0 Å². The van der Waals surface area contributed by atoms with Gasteiger partial charge in [-0.3, -0.25) is 0 Å². The van der Waals surface area contributed by atoms with Crippen LogP contribution in [-0.2, 0) is 25.0 Å². The number of methoxy groups -OCH3 is 1. The van der Waals surface area contributed by atoms with Crippen molar-refractivity contribution in [1.82, 2.24) is 4.31 Å². The minimum Gasteiger partial charge on any atom is -0.383 e. The predicted octanol–water partition coefficient (Wildman–Crippen LogP) is 0.612. The summed E-state index contributed by atoms with van der Waals surface area (Å²) in [7, 11) is -5.75. The highest BCUT2D eigenvalue weighted by Gasteiger charge is 2.21. The Kier molecular flexibility index (Phi) is 5.02. The number of benzene rings is 1. The standard InChI is InChI=1S/C10H14FNO5S2/c1-12(7-8-17-2)19(15,16)10-5-3-9(4-6-10)18(11,13)14/h3-6H,7-8H2,1-2H3. The molecule has 0 atom stereocenters. The molecule has 0 bridgehead atoms. The highest BCUT2D eigenvalue weighted by Crippen LogP contribution is 2.18. The number of hydrogen-bond donors (Lipinski definition) is 0. The fraction of sp³-hybridized carbons (Fsp3) is 0.400. The van der Waals surface area contributed by atoms with E-state index in [1.165, 1.54) is 14.2 Å². The van der Waals surface area contributed by atoms with E-state index in [1.54, 1.807) is 0 Å². The van der Waals surface area contributed by atoms with E-state index in [2.05, 4.69) is 0 Å². The number of ether oxygens (including phenoxy) is 1. The van der Waals surface area contributed by atoms with Crippen molar-refractivity contribution in [3.8, 4) is 0 Å². The van der Waals surface area contributed by atoms with Crippen LogP contribution in [0.5, 0.6) is 0 Å². The minimum atomic E-state index is -4.83. The molecule has 0 unspecified atom stereocenters. The topological polar surface area (TPSA) is 80.8 Å². The second-order valence-electron chi connectivity index (χ2n) is 3.73. The maximum Gasteiger partial charge on any atom is 0.332 e. The average molecular weight is 311 g/mol. The van der Waals surface area contributed by atoms with Crippen molar-refractivity contribution in [2.45, 2.75) is 9.79 Å². The first-order valence-electron chi connectivity index (χ1n) is 5.19. The molecule has 0 spiro atoms. The first-order valence-corrected chi connectivity index (χ1v) is 8.02. The van der Waals surface area contributed by atoms with Crippen LogP contribution in [0.1, 0.15) is 0 Å². The molecule has 0 radical (unpaired) electrons. The molecule has 0 saturated heterocycles. The average Bonchev–Trinajstić information content (AvgIpc) is 2.35. The molecule has 0 fully saturated rings. The molecule has 1 aromatic carbocycles. The molecule has 1 aromatic rings. The Bertz CT molecular complexity index is 624. The quantitative estimate of drug-likeness (QED) is 0.719. The molecule has 1 rings (SSSR count). The zero-order chi connectivity index (χ0) is 14.7. The maximum absolute atomic E-state index is 12.7. The van der Waals surface area contributed by atoms with Gasteiger partial charge in [-0.25, -0.2) is 8.42 Å². The van der Waals surface area contributed by atoms with Gasteiger partial charge in [-0.1, -0.05) is 0 Å². The van der Waals surface area contributed by atoms with E-state index < -0.39 is 25.1 Å². The number of likely N-dealkylation sites (N-methyl/N-ethyl adjacent to an activating group) is 1. The van der Waals surface area contributed by atoms with E-state index >= 15 is 0 Å². The normalized spacial score (nSPS) is 12.8. The summed E-state index contributed by atoms with van der Waals surface area (Å²) in [5.74, 6) is 0. The Labute approximate surface area is 112 Å². The molecule has 108 valence electrons. The molecular weight excluding hydrogens is 297 g/mol. The minimum absolute atomic E-state index is 0.112. The molecule has 0 aromatic heterocycles. The Morgan fingerprint density at radius 1 is 1.11 bits per heavy atom. The summed E-state index contributed by atoms with van der Waals surface area (Å²) in [5.41, 5.74) is 0. The third-order valence-corrected chi connectivity index (χ3v) is 5.13. The van der Waals surface area contributed by atoms with Gasteiger partial charge in [0.05, 0.1) is 16.4 Å². The molecule has 6 nitrogen and oxygen atoms in total. The molecule has 0 N–H and O–H groups in total. The van der Waals surface area contributed by atoms with Crippen LogP contribution in [0.15, 0.2) is 34.1 Å². The summed E-state index contributed by atoms with van der Waals surface area (Å²) in [4.78, 5) is -0.690. The fourth-order valence-electron chi connectivity index (χ4n) is 1.29. The molecule has 0 saturated carbocycles. The van der Waals surface area contributed by atoms with Crippen LogP contribution in [0.4, 0.5) is 3.89 Å². The van der Waals surface area contributed by atoms with E-state index in [1.807, 2.05) is 0 Å². The summed E-state index contributed by atoms with van der Waals surface area (Å²) in [6, 6.07) is 3.91. The number of rotatable bonds is 6. The molecule has 19 heavy (non-hydrogen) atoms. The third-order valence-electron chi connectivity index (χ3n) is 2.42. The molecule has 0 amide bonds. The Balaban J connectivity index is 3.03. The summed E-state index contributed by atoms with van der Waals surface area (Å²) >= 11 is 0. The van der Waals surface area contributed by atoms with Gasteiger partial charge in [0.15, 0.2) is 0 Å². The number of nitrogens with zero attached hydrogens (tertiary/aromatic N) is 1. The largest absolute Gasteiger partial charge is 0.383 e. The van der Waals surface area contributed by atoms with Crippen molar-refractivity contribution in [3.05, 3.63) is 24.3 Å². The highest BCUT2D eigenvalue weighted by molar-refractivity contribution is 7.89. The van der Waals surface area contributed by atoms with Crippen LogP contribution in [-0.4, -0.2) is 48.4 Å². The smallest absolute Gasteiger partial charge is 0.332 e. The van der Waals surface area contributed by atoms with Crippen LogP contribution in [0.25, 0.3) is 0 Å². The van der Waals surface area contributed by atoms with Crippen molar-refractivity contribution in [2.24, 2.45) is 0 Å². The lowest BCUT2D eigenvalue weighted by atomic mass is 10.4. The van der Waals surface area contributed by atoms with Crippen molar-refractivity contribution in [1.29, 1.82) is 0 Å². The van der Waals surface area contributed by atoms with Gasteiger partial charge in [0, 0.05) is 20.7 Å². The fourth-order valence-corrected chi connectivity index (χ4v) is 2.91. The van der Waals surface area contributed by atoms with E-state index in [9.17, 15) is 20.7 Å². The molecule has 9 heteroatoms. The van der Waals surface area contributed by atoms with Crippen molar-refractivity contribution in [2.75, 3.05) is 27.3 Å². The van der Waals surface area contributed by atoms with Gasteiger partial charge >= 0.3 is 10.2 Å². The third kappa shape index (κ3) is 3.96. The highest BCUT2D eigenvalue weighted by atomic mass is 32.3. The van der Waals surface area contributed by atoms with Gasteiger partial charge < -0.3 is 4.74 Å². The molecule has 0 aliphatic carbocycles. The van der Waals surface area contributed by atoms with Gasteiger partial charge in [-0.15, -0.1) is 3.89 Å². The Hall–Kier alpha value is -1.03. The summed E-state index contributed by atoms with van der Waals surface area (Å²) in [5, 5.41) is 0. The first-order chi connectivity index (χ1) is 8.69. The van der Waals surface area contributed by atoms with Crippen LogP contribution in [0.3, 0.4) is 0 Å². The van der Waals surface area contributed by atoms with Gasteiger partial charge in [-0.2, -0.15) is 12.7 Å². The second kappa shape index (κ2) is 5.95. The van der Waals surface area contributed by atoms with Gasteiger partial charge in [0.2, 0.25) is 10.0 Å². The van der Waals surface area contributed by atoms with Crippen molar-refractivity contribution in [3.63, 3.8) is 0 Å². The molecule has 0 heterocycles. The van der Waals surface area contributed by atoms with Crippen LogP contribution in [0.2, 0.25) is 0 Å². The van der Waals surface area contributed by atoms with Crippen LogP contribution in [0, 0.1) is 0 Å². The Morgan fingerprint density at radius 2 is 1.58 bits per heavy atom. The lowest BCUT2D eigenvalue weighted by Gasteiger charge is -2.16. The van der Waals surface area contributed by atoms with Gasteiger partial charge in [0.25, 0.3) is 0 Å². The maximum atomic E-state index is 12.7. The van der Waals surface area contributed by atoms with Crippen molar-refractivity contribution < 1.29 is 25.5 Å². The number of hydrogen-bond acceptors (Lipinski definition) is 5. The number of sulfonamides is 1. The van der Waals surface area contributed by atoms with Crippen LogP contribution >= 0.6 is 0 Å². The van der Waals surface area contributed by atoms with Crippen molar-refractivity contribution >= 4 is 20.2 Å². The Morgan fingerprint density at radius 3 is 2.00 bits per heavy atom. The van der Waals surface area contributed by atoms with Gasteiger partial charge in [0.1, 0.15) is 0 Å². The molecular formula is C10H14FNO5S2. The van der Waals surface area contributed by atoms with E-state index in [4.69, 9.17) is 4.74 Å². The molecule has 0 aliphatic rings. The summed E-state index contributed by atoms with van der Waals surface area (Å²) < 4.78 is 63.8. The SMILES string of the molecule is COCCN(C)S(=O)(=O)c1ccc(S(=O)(=O)F)cc1. The zero-order valence-corrected chi connectivity index (χ0v) is 12.0. The first kappa shape index (κ1) is 16.0. The lowest BCUT2D eigenvalue weighted by molar-refractivity contribution is 0.185. The summed E-state index contributed by atoms with van der Waals surface area (Å²) in [6.45, 7) is 0.384. The predicted molar refractivity (Wildman–Crippen MR) is 66.4 cm³/mol. The van der Waals surface area contributed by atoms with E-state index in [0.29, 0.717) is 0 Å². The monoisotopic (exact) mass is 311 g/mol. The molecule has 0 aliphatic heterocycles. The zero-order valence-electron chi connectivity index (χ0n) is 10.4. The van der Waals surface area contributed by atoms with E-state index in [0.717, 1.165) is 28.6 Å². The summed E-state index contributed by atoms with van der Waals surface area (Å²) in [6.07, 6.45) is 0. The second-order valence-corrected chi connectivity index (χ2v) is 7.12.